The minimum absolute atomic E-state index is 0.0599. The second-order valence-corrected chi connectivity index (χ2v) is 6.21. The molecule has 0 saturated carbocycles. The van der Waals surface area contributed by atoms with E-state index in [0.29, 0.717) is 22.5 Å². The highest BCUT2D eigenvalue weighted by Gasteiger charge is 2.00. The molecule has 1 aromatic rings. The maximum Gasteiger partial charge on any atom is 0.244 e. The van der Waals surface area contributed by atoms with E-state index in [0.717, 1.165) is 11.3 Å². The Morgan fingerprint density at radius 3 is 2.74 bits per heavy atom. The number of carbonyl (C=O) groups is 1. The number of carbonyl (C=O) groups excluding carboxylic acids is 1. The van der Waals surface area contributed by atoms with E-state index in [1.807, 2.05) is 12.1 Å². The summed E-state index contributed by atoms with van der Waals surface area (Å²) < 4.78 is 0. The molecule has 0 atom stereocenters. The molecule has 104 valence electrons. The van der Waals surface area contributed by atoms with Crippen molar-refractivity contribution in [2.45, 2.75) is 19.6 Å². The van der Waals surface area contributed by atoms with E-state index in [4.69, 9.17) is 23.2 Å². The van der Waals surface area contributed by atoms with Gasteiger partial charge in [0.25, 0.3) is 0 Å². The second kappa shape index (κ2) is 8.51. The van der Waals surface area contributed by atoms with Gasteiger partial charge in [-0.3, -0.25) is 4.79 Å². The lowest BCUT2D eigenvalue weighted by atomic mass is 10.2. The van der Waals surface area contributed by atoms with Gasteiger partial charge in [-0.2, -0.15) is 0 Å². The normalized spacial score (nSPS) is 11.2. The fraction of sp³-hybridized carbons (Fsp3) is 0.357. The Morgan fingerprint density at radius 2 is 2.11 bits per heavy atom. The summed E-state index contributed by atoms with van der Waals surface area (Å²) in [4.78, 5) is 11.4. The van der Waals surface area contributed by atoms with Gasteiger partial charge >= 0.3 is 0 Å². The maximum absolute atomic E-state index is 11.4. The number of hydrogen-bond acceptors (Lipinski definition) is 2. The number of thioether (sulfide) groups is 1. The number of rotatable bonds is 6. The first-order valence-corrected chi connectivity index (χ1v) is 7.79. The standard InChI is InChI=1S/C14H17Cl2NOS/c1-10(2)8-17-14(18)5-6-19-9-11-3-4-12(15)13(16)7-11/h3-7,10H,8-9H2,1-2H3,(H,17,18)/b6-5-. The predicted molar refractivity (Wildman–Crippen MR) is 84.7 cm³/mol. The van der Waals surface area contributed by atoms with Crippen molar-refractivity contribution in [2.75, 3.05) is 6.54 Å². The summed E-state index contributed by atoms with van der Waals surface area (Å²) in [6.45, 7) is 4.81. The summed E-state index contributed by atoms with van der Waals surface area (Å²) in [7, 11) is 0. The zero-order valence-corrected chi connectivity index (χ0v) is 13.3. The largest absolute Gasteiger partial charge is 0.352 e. The third-order valence-corrected chi connectivity index (χ3v) is 3.80. The van der Waals surface area contributed by atoms with Crippen LogP contribution in [-0.4, -0.2) is 12.5 Å². The van der Waals surface area contributed by atoms with Gasteiger partial charge in [-0.1, -0.05) is 43.1 Å². The van der Waals surface area contributed by atoms with Crippen molar-refractivity contribution in [3.05, 3.63) is 45.3 Å². The molecule has 5 heteroatoms. The molecule has 0 radical (unpaired) electrons. The molecular weight excluding hydrogens is 301 g/mol. The molecule has 0 fully saturated rings. The Bertz CT molecular complexity index is 461. The number of amides is 1. The van der Waals surface area contributed by atoms with E-state index >= 15 is 0 Å². The Labute approximate surface area is 128 Å². The van der Waals surface area contributed by atoms with Crippen LogP contribution in [0.25, 0.3) is 0 Å². The minimum Gasteiger partial charge on any atom is -0.352 e. The van der Waals surface area contributed by atoms with Gasteiger partial charge in [0, 0.05) is 18.4 Å². The van der Waals surface area contributed by atoms with Crippen molar-refractivity contribution >= 4 is 40.9 Å². The molecule has 0 heterocycles. The maximum atomic E-state index is 11.4. The first-order valence-electron chi connectivity index (χ1n) is 5.99. The van der Waals surface area contributed by atoms with Gasteiger partial charge in [0.2, 0.25) is 5.91 Å². The van der Waals surface area contributed by atoms with E-state index in [1.165, 1.54) is 0 Å². The lowest BCUT2D eigenvalue weighted by molar-refractivity contribution is -0.116. The molecule has 0 aliphatic heterocycles. The van der Waals surface area contributed by atoms with E-state index < -0.39 is 0 Å². The average Bonchev–Trinajstić information content (AvgIpc) is 2.36. The quantitative estimate of drug-likeness (QED) is 0.782. The van der Waals surface area contributed by atoms with Crippen molar-refractivity contribution in [1.29, 1.82) is 0 Å². The molecule has 0 aliphatic carbocycles. The van der Waals surface area contributed by atoms with Crippen LogP contribution in [0.4, 0.5) is 0 Å². The van der Waals surface area contributed by atoms with Gasteiger partial charge in [-0.15, -0.1) is 11.8 Å². The van der Waals surface area contributed by atoms with Crippen LogP contribution in [0.2, 0.25) is 10.0 Å². The molecule has 2 nitrogen and oxygen atoms in total. The van der Waals surface area contributed by atoms with Crippen LogP contribution in [0.15, 0.2) is 29.7 Å². The van der Waals surface area contributed by atoms with E-state index in [2.05, 4.69) is 19.2 Å². The Kier molecular flexibility index (Phi) is 7.36. The molecule has 0 bridgehead atoms. The first-order chi connectivity index (χ1) is 8.99. The molecule has 1 aromatic carbocycles. The van der Waals surface area contributed by atoms with E-state index in [9.17, 15) is 4.79 Å². The summed E-state index contributed by atoms with van der Waals surface area (Å²) in [6, 6.07) is 5.54. The van der Waals surface area contributed by atoms with Crippen LogP contribution in [-0.2, 0) is 10.5 Å². The van der Waals surface area contributed by atoms with Crippen molar-refractivity contribution in [2.24, 2.45) is 5.92 Å². The minimum atomic E-state index is -0.0599. The van der Waals surface area contributed by atoms with Gasteiger partial charge in [-0.05, 0) is 29.0 Å². The van der Waals surface area contributed by atoms with Gasteiger partial charge in [0.05, 0.1) is 10.0 Å². The lowest BCUT2D eigenvalue weighted by Gasteiger charge is -2.04. The van der Waals surface area contributed by atoms with Crippen molar-refractivity contribution in [1.82, 2.24) is 5.32 Å². The summed E-state index contributed by atoms with van der Waals surface area (Å²) in [5.41, 5.74) is 1.08. The summed E-state index contributed by atoms with van der Waals surface area (Å²) in [6.07, 6.45) is 1.55. The van der Waals surface area contributed by atoms with Crippen LogP contribution in [0.5, 0.6) is 0 Å². The summed E-state index contributed by atoms with van der Waals surface area (Å²) in [5.74, 6) is 1.15. The third kappa shape index (κ3) is 6.90. The predicted octanol–water partition coefficient (Wildman–Crippen LogP) is 4.51. The molecule has 0 spiro atoms. The number of nitrogens with one attached hydrogen (secondary N) is 1. The SMILES string of the molecule is CC(C)CNC(=O)/C=C\SCc1ccc(Cl)c(Cl)c1. The summed E-state index contributed by atoms with van der Waals surface area (Å²) in [5, 5.41) is 5.72. The van der Waals surface area contributed by atoms with Crippen molar-refractivity contribution < 1.29 is 4.79 Å². The molecule has 0 aromatic heterocycles. The molecule has 0 saturated heterocycles. The number of hydrogen-bond donors (Lipinski definition) is 1. The molecule has 0 aliphatic rings. The first kappa shape index (κ1) is 16.4. The molecule has 1 N–H and O–H groups in total. The van der Waals surface area contributed by atoms with Gasteiger partial charge in [0.15, 0.2) is 0 Å². The third-order valence-electron chi connectivity index (χ3n) is 2.23. The van der Waals surface area contributed by atoms with Crippen molar-refractivity contribution in [3.63, 3.8) is 0 Å². The van der Waals surface area contributed by atoms with Crippen LogP contribution >= 0.6 is 35.0 Å². The van der Waals surface area contributed by atoms with Crippen LogP contribution in [0.3, 0.4) is 0 Å². The van der Waals surface area contributed by atoms with Gasteiger partial charge in [0.1, 0.15) is 0 Å². The molecule has 1 amide bonds. The zero-order valence-electron chi connectivity index (χ0n) is 11.0. The van der Waals surface area contributed by atoms with E-state index in [1.54, 1.807) is 29.3 Å². The fourth-order valence-electron chi connectivity index (χ4n) is 1.25. The average molecular weight is 318 g/mol. The Morgan fingerprint density at radius 1 is 1.37 bits per heavy atom. The molecule has 0 unspecified atom stereocenters. The highest BCUT2D eigenvalue weighted by atomic mass is 35.5. The Balaban J connectivity index is 2.33. The fourth-order valence-corrected chi connectivity index (χ4v) is 2.26. The number of benzene rings is 1. The van der Waals surface area contributed by atoms with E-state index in [-0.39, 0.29) is 5.91 Å². The summed E-state index contributed by atoms with van der Waals surface area (Å²) >= 11 is 13.3. The molecule has 19 heavy (non-hydrogen) atoms. The Hall–Kier alpha value is -0.640. The van der Waals surface area contributed by atoms with Crippen LogP contribution in [0, 0.1) is 5.92 Å². The van der Waals surface area contributed by atoms with Gasteiger partial charge < -0.3 is 5.32 Å². The molecule has 1 rings (SSSR count). The van der Waals surface area contributed by atoms with Crippen LogP contribution in [0.1, 0.15) is 19.4 Å². The highest BCUT2D eigenvalue weighted by molar-refractivity contribution is 8.01. The lowest BCUT2D eigenvalue weighted by Crippen LogP contribution is -2.25. The monoisotopic (exact) mass is 317 g/mol. The topological polar surface area (TPSA) is 29.1 Å². The highest BCUT2D eigenvalue weighted by Crippen LogP contribution is 2.24. The molecular formula is C14H17Cl2NOS. The second-order valence-electron chi connectivity index (χ2n) is 4.50. The van der Waals surface area contributed by atoms with Crippen LogP contribution < -0.4 is 5.32 Å². The smallest absolute Gasteiger partial charge is 0.244 e. The number of halogens is 2. The van der Waals surface area contributed by atoms with Gasteiger partial charge in [-0.25, -0.2) is 0 Å². The van der Waals surface area contributed by atoms with Crippen molar-refractivity contribution in [3.8, 4) is 0 Å². The zero-order chi connectivity index (χ0) is 14.3.